The highest BCUT2D eigenvalue weighted by Gasteiger charge is 2.35. The van der Waals surface area contributed by atoms with Crippen molar-refractivity contribution in [3.8, 4) is 17.0 Å². The van der Waals surface area contributed by atoms with Crippen molar-refractivity contribution in [2.75, 3.05) is 0 Å². The van der Waals surface area contributed by atoms with Crippen LogP contribution in [0.5, 0.6) is 5.75 Å². The Morgan fingerprint density at radius 2 is 1.93 bits per heavy atom. The van der Waals surface area contributed by atoms with Gasteiger partial charge in [-0.15, -0.1) is 0 Å². The molecule has 0 aliphatic carbocycles. The molecule has 4 aromatic rings. The minimum atomic E-state index is -4.84. The molecule has 11 heteroatoms. The summed E-state index contributed by atoms with van der Waals surface area (Å²) in [5.41, 5.74) is -0.803. The second-order valence-electron chi connectivity index (χ2n) is 6.18. The second-order valence-corrected chi connectivity index (χ2v) is 6.18. The molecule has 150 valence electrons. The van der Waals surface area contributed by atoms with Crippen LogP contribution in [0.2, 0.25) is 0 Å². The standard InChI is InChI=1S/C18H12F5N5O/c1-9(13-7-25-27-26-13)29-15-6-10(2-3-12(15)19)14-8-24-17-16(20)11(18(21,22)23)4-5-28(14)17/h2-9H,1H3,(H,25,26,27). The number of aromatic amines is 1. The quantitative estimate of drug-likeness (QED) is 0.502. The van der Waals surface area contributed by atoms with E-state index >= 15 is 0 Å². The number of pyridine rings is 1. The van der Waals surface area contributed by atoms with E-state index in [1.54, 1.807) is 6.92 Å². The monoisotopic (exact) mass is 409 g/mol. The molecule has 0 bridgehead atoms. The highest BCUT2D eigenvalue weighted by Crippen LogP contribution is 2.34. The highest BCUT2D eigenvalue weighted by molar-refractivity contribution is 5.66. The van der Waals surface area contributed by atoms with E-state index in [0.29, 0.717) is 17.3 Å². The van der Waals surface area contributed by atoms with E-state index in [9.17, 15) is 22.0 Å². The molecule has 29 heavy (non-hydrogen) atoms. The van der Waals surface area contributed by atoms with Gasteiger partial charge in [-0.05, 0) is 31.2 Å². The van der Waals surface area contributed by atoms with Gasteiger partial charge >= 0.3 is 6.18 Å². The third kappa shape index (κ3) is 3.39. The molecule has 1 unspecified atom stereocenters. The van der Waals surface area contributed by atoms with E-state index in [-0.39, 0.29) is 11.4 Å². The van der Waals surface area contributed by atoms with Crippen molar-refractivity contribution >= 4 is 5.65 Å². The summed E-state index contributed by atoms with van der Waals surface area (Å²) in [5.74, 6) is -2.24. The minimum absolute atomic E-state index is 0.111. The maximum absolute atomic E-state index is 14.3. The number of fused-ring (bicyclic) bond motifs is 1. The molecule has 0 fully saturated rings. The van der Waals surface area contributed by atoms with Gasteiger partial charge in [-0.3, -0.25) is 4.40 Å². The molecule has 1 atom stereocenters. The molecule has 0 aliphatic rings. The zero-order valence-electron chi connectivity index (χ0n) is 14.7. The fourth-order valence-electron chi connectivity index (χ4n) is 2.86. The summed E-state index contributed by atoms with van der Waals surface area (Å²) in [7, 11) is 0. The van der Waals surface area contributed by atoms with Gasteiger partial charge in [0.1, 0.15) is 11.8 Å². The molecular weight excluding hydrogens is 397 g/mol. The van der Waals surface area contributed by atoms with Crippen molar-refractivity contribution in [2.24, 2.45) is 0 Å². The Kier molecular flexibility index (Phi) is 4.44. The molecule has 3 heterocycles. The van der Waals surface area contributed by atoms with E-state index < -0.39 is 35.1 Å². The lowest BCUT2D eigenvalue weighted by molar-refractivity contribution is -0.139. The Bertz CT molecular complexity index is 1170. The van der Waals surface area contributed by atoms with Crippen LogP contribution in [0.4, 0.5) is 22.0 Å². The first-order valence-electron chi connectivity index (χ1n) is 8.30. The number of nitrogens with one attached hydrogen (secondary N) is 1. The van der Waals surface area contributed by atoms with Crippen LogP contribution in [0.1, 0.15) is 24.3 Å². The van der Waals surface area contributed by atoms with Gasteiger partial charge in [-0.2, -0.15) is 28.6 Å². The molecule has 6 nitrogen and oxygen atoms in total. The summed E-state index contributed by atoms with van der Waals surface area (Å²) in [6, 6.07) is 4.51. The van der Waals surface area contributed by atoms with Crippen molar-refractivity contribution in [3.05, 3.63) is 65.7 Å². The number of alkyl halides is 3. The maximum atomic E-state index is 14.3. The number of rotatable bonds is 4. The first-order valence-corrected chi connectivity index (χ1v) is 8.30. The van der Waals surface area contributed by atoms with Crippen molar-refractivity contribution in [3.63, 3.8) is 0 Å². The molecule has 0 spiro atoms. The van der Waals surface area contributed by atoms with Crippen LogP contribution < -0.4 is 4.74 Å². The van der Waals surface area contributed by atoms with E-state index in [1.165, 1.54) is 24.5 Å². The number of nitrogens with zero attached hydrogens (tertiary/aromatic N) is 4. The fraction of sp³-hybridized carbons (Fsp3) is 0.167. The predicted molar refractivity (Wildman–Crippen MR) is 91.0 cm³/mol. The molecule has 1 N–H and O–H groups in total. The van der Waals surface area contributed by atoms with Gasteiger partial charge in [-0.25, -0.2) is 13.8 Å². The molecule has 0 amide bonds. The number of ether oxygens (including phenoxy) is 1. The first-order chi connectivity index (χ1) is 13.8. The van der Waals surface area contributed by atoms with Crippen LogP contribution in [0.25, 0.3) is 16.9 Å². The van der Waals surface area contributed by atoms with E-state index in [1.807, 2.05) is 0 Å². The molecular formula is C18H12F5N5O. The number of aromatic nitrogens is 5. The molecule has 0 radical (unpaired) electrons. The van der Waals surface area contributed by atoms with E-state index in [0.717, 1.165) is 16.7 Å². The normalized spacial score (nSPS) is 13.0. The third-order valence-electron chi connectivity index (χ3n) is 4.31. The second kappa shape index (κ2) is 6.83. The number of imidazole rings is 1. The molecule has 0 saturated heterocycles. The summed E-state index contributed by atoms with van der Waals surface area (Å²) >= 11 is 0. The zero-order chi connectivity index (χ0) is 20.8. The Morgan fingerprint density at radius 3 is 2.62 bits per heavy atom. The lowest BCUT2D eigenvalue weighted by Gasteiger charge is -2.14. The average molecular weight is 409 g/mol. The van der Waals surface area contributed by atoms with Crippen LogP contribution in [-0.2, 0) is 6.18 Å². The van der Waals surface area contributed by atoms with Gasteiger partial charge in [0, 0.05) is 11.8 Å². The topological polar surface area (TPSA) is 68.1 Å². The maximum Gasteiger partial charge on any atom is 0.419 e. The van der Waals surface area contributed by atoms with Crippen molar-refractivity contribution in [1.82, 2.24) is 24.8 Å². The predicted octanol–water partition coefficient (Wildman–Crippen LogP) is 4.56. The molecule has 0 saturated carbocycles. The van der Waals surface area contributed by atoms with Gasteiger partial charge in [0.15, 0.2) is 23.0 Å². The Balaban J connectivity index is 1.74. The summed E-state index contributed by atoms with van der Waals surface area (Å²) in [5, 5.41) is 9.94. The van der Waals surface area contributed by atoms with Crippen LogP contribution in [0.15, 0.2) is 42.9 Å². The number of halogens is 5. The highest BCUT2D eigenvalue weighted by atomic mass is 19.4. The van der Waals surface area contributed by atoms with Gasteiger partial charge in [0.2, 0.25) is 0 Å². The first kappa shape index (κ1) is 18.8. The van der Waals surface area contributed by atoms with E-state index in [4.69, 9.17) is 4.74 Å². The van der Waals surface area contributed by atoms with Gasteiger partial charge in [0.25, 0.3) is 0 Å². The Labute approximate surface area is 160 Å². The van der Waals surface area contributed by atoms with Crippen LogP contribution >= 0.6 is 0 Å². The van der Waals surface area contributed by atoms with Gasteiger partial charge in [-0.1, -0.05) is 0 Å². The number of benzene rings is 1. The van der Waals surface area contributed by atoms with Crippen molar-refractivity contribution in [1.29, 1.82) is 0 Å². The average Bonchev–Trinajstić information content (AvgIpc) is 3.33. The lowest BCUT2D eigenvalue weighted by Crippen LogP contribution is -2.09. The summed E-state index contributed by atoms with van der Waals surface area (Å²) in [6.45, 7) is 1.65. The third-order valence-corrected chi connectivity index (χ3v) is 4.31. The summed E-state index contributed by atoms with van der Waals surface area (Å²) in [4.78, 5) is 3.75. The number of hydrogen-bond donors (Lipinski definition) is 1. The Hall–Kier alpha value is -3.50. The molecule has 3 aromatic heterocycles. The molecule has 4 rings (SSSR count). The summed E-state index contributed by atoms with van der Waals surface area (Å²) < 4.78 is 73.9. The summed E-state index contributed by atoms with van der Waals surface area (Å²) in [6.07, 6.45) is -1.76. The zero-order valence-corrected chi connectivity index (χ0v) is 14.7. The Morgan fingerprint density at radius 1 is 1.14 bits per heavy atom. The lowest BCUT2D eigenvalue weighted by atomic mass is 10.1. The molecule has 1 aromatic carbocycles. The largest absolute Gasteiger partial charge is 0.481 e. The minimum Gasteiger partial charge on any atom is -0.481 e. The van der Waals surface area contributed by atoms with Crippen molar-refractivity contribution < 1.29 is 26.7 Å². The van der Waals surface area contributed by atoms with Crippen LogP contribution in [0.3, 0.4) is 0 Å². The van der Waals surface area contributed by atoms with E-state index in [2.05, 4.69) is 20.4 Å². The van der Waals surface area contributed by atoms with Crippen LogP contribution in [-0.4, -0.2) is 24.8 Å². The van der Waals surface area contributed by atoms with Crippen molar-refractivity contribution in [2.45, 2.75) is 19.2 Å². The SMILES string of the molecule is CC(Oc1cc(-c2cnc3c(F)c(C(F)(F)F)ccn23)ccc1F)c1cn[nH]n1. The van der Waals surface area contributed by atoms with Gasteiger partial charge < -0.3 is 4.74 Å². The van der Waals surface area contributed by atoms with Crippen LogP contribution in [0, 0.1) is 11.6 Å². The fourth-order valence-corrected chi connectivity index (χ4v) is 2.86. The molecule has 0 aliphatic heterocycles. The van der Waals surface area contributed by atoms with Gasteiger partial charge in [0.05, 0.1) is 23.7 Å². The smallest absolute Gasteiger partial charge is 0.419 e. The number of H-pyrrole nitrogens is 1. The number of hydrogen-bond acceptors (Lipinski definition) is 4.